The van der Waals surface area contributed by atoms with Gasteiger partial charge in [0.25, 0.3) is 5.89 Å². The zero-order chi connectivity index (χ0) is 13.3. The van der Waals surface area contributed by atoms with E-state index in [1.165, 1.54) is 0 Å². The maximum atomic E-state index is 5.66. The number of nitrogens with zero attached hydrogens (tertiary/aromatic N) is 2. The summed E-state index contributed by atoms with van der Waals surface area (Å²) in [5.74, 6) is 1.19. The largest absolute Gasteiger partial charge is 0.381 e. The van der Waals surface area contributed by atoms with Crippen LogP contribution >= 0.6 is 11.3 Å². The molecule has 1 aliphatic heterocycles. The van der Waals surface area contributed by atoms with E-state index in [0.717, 1.165) is 24.0 Å². The highest BCUT2D eigenvalue weighted by Crippen LogP contribution is 2.35. The van der Waals surface area contributed by atoms with Crippen LogP contribution in [0.15, 0.2) is 15.3 Å². The highest BCUT2D eigenvalue weighted by Gasteiger charge is 2.39. The summed E-state index contributed by atoms with van der Waals surface area (Å²) in [5.41, 5.74) is 1.69. The summed E-state index contributed by atoms with van der Waals surface area (Å²) >= 11 is 1.63. The molecule has 0 aromatic carbocycles. The molecule has 0 N–H and O–H groups in total. The van der Waals surface area contributed by atoms with Crippen molar-refractivity contribution in [2.75, 3.05) is 20.3 Å². The molecule has 1 aliphatic rings. The Morgan fingerprint density at radius 1 is 1.32 bits per heavy atom. The Bertz CT molecular complexity index is 558. The lowest BCUT2D eigenvalue weighted by atomic mass is 9.93. The van der Waals surface area contributed by atoms with Gasteiger partial charge in [0.15, 0.2) is 0 Å². The van der Waals surface area contributed by atoms with Crippen molar-refractivity contribution in [2.24, 2.45) is 0 Å². The monoisotopic (exact) mass is 280 g/mol. The summed E-state index contributed by atoms with van der Waals surface area (Å²) in [5, 5.41) is 8.21. The molecule has 0 aliphatic carbocycles. The molecule has 0 radical (unpaired) electrons. The first kappa shape index (κ1) is 12.8. The maximum Gasteiger partial charge on any atom is 0.259 e. The van der Waals surface area contributed by atoms with Crippen molar-refractivity contribution in [1.29, 1.82) is 0 Å². The first-order valence-corrected chi connectivity index (χ1v) is 7.20. The fourth-order valence-corrected chi connectivity index (χ4v) is 3.14. The number of aryl methyl sites for hydroxylation is 1. The average molecular weight is 280 g/mol. The van der Waals surface area contributed by atoms with Crippen molar-refractivity contribution in [3.05, 3.63) is 22.1 Å². The number of ether oxygens (including phenoxy) is 2. The third-order valence-corrected chi connectivity index (χ3v) is 4.47. The van der Waals surface area contributed by atoms with Gasteiger partial charge in [-0.1, -0.05) is 5.16 Å². The smallest absolute Gasteiger partial charge is 0.259 e. The van der Waals surface area contributed by atoms with Crippen molar-refractivity contribution in [2.45, 2.75) is 25.4 Å². The van der Waals surface area contributed by atoms with Crippen molar-refractivity contribution >= 4 is 11.3 Å². The number of hydrogen-bond acceptors (Lipinski definition) is 6. The summed E-state index contributed by atoms with van der Waals surface area (Å²) in [6.45, 7) is 3.36. The van der Waals surface area contributed by atoms with E-state index >= 15 is 0 Å². The summed E-state index contributed by atoms with van der Waals surface area (Å²) in [7, 11) is 1.69. The van der Waals surface area contributed by atoms with Crippen LogP contribution < -0.4 is 0 Å². The lowest BCUT2D eigenvalue weighted by Crippen LogP contribution is -2.36. The van der Waals surface area contributed by atoms with E-state index < -0.39 is 5.60 Å². The average Bonchev–Trinajstić information content (AvgIpc) is 3.08. The third kappa shape index (κ3) is 2.20. The van der Waals surface area contributed by atoms with E-state index in [0.29, 0.717) is 24.9 Å². The second-order valence-electron chi connectivity index (χ2n) is 4.70. The number of methoxy groups -OCH3 is 1. The van der Waals surface area contributed by atoms with Gasteiger partial charge in [-0.2, -0.15) is 16.3 Å². The Balaban J connectivity index is 1.94. The normalized spacial score (nSPS) is 18.6. The van der Waals surface area contributed by atoms with Gasteiger partial charge < -0.3 is 14.0 Å². The van der Waals surface area contributed by atoms with E-state index in [1.807, 2.05) is 12.3 Å². The molecule has 1 saturated heterocycles. The molecule has 0 saturated carbocycles. The summed E-state index contributed by atoms with van der Waals surface area (Å²) in [6, 6.07) is 0. The van der Waals surface area contributed by atoms with Gasteiger partial charge in [0.2, 0.25) is 5.82 Å². The van der Waals surface area contributed by atoms with E-state index in [-0.39, 0.29) is 0 Å². The molecule has 0 unspecified atom stereocenters. The minimum atomic E-state index is -0.468. The minimum Gasteiger partial charge on any atom is -0.381 e. The van der Waals surface area contributed by atoms with Gasteiger partial charge in [-0.05, 0) is 17.9 Å². The topological polar surface area (TPSA) is 57.4 Å². The Morgan fingerprint density at radius 3 is 2.74 bits per heavy atom. The molecule has 2 aromatic rings. The van der Waals surface area contributed by atoms with E-state index in [1.54, 1.807) is 18.4 Å². The second-order valence-corrected chi connectivity index (χ2v) is 5.45. The molecule has 19 heavy (non-hydrogen) atoms. The Labute approximate surface area is 115 Å². The van der Waals surface area contributed by atoms with E-state index in [4.69, 9.17) is 14.0 Å². The summed E-state index contributed by atoms with van der Waals surface area (Å²) in [6.07, 6.45) is 1.51. The van der Waals surface area contributed by atoms with Crippen molar-refractivity contribution in [3.8, 4) is 11.5 Å². The maximum absolute atomic E-state index is 5.66. The molecular weight excluding hydrogens is 264 g/mol. The summed E-state index contributed by atoms with van der Waals surface area (Å²) < 4.78 is 16.4. The molecule has 102 valence electrons. The molecule has 0 bridgehead atoms. The number of rotatable bonds is 3. The van der Waals surface area contributed by atoms with Crippen LogP contribution in [-0.4, -0.2) is 30.5 Å². The van der Waals surface area contributed by atoms with Crippen LogP contribution in [0.4, 0.5) is 0 Å². The molecular formula is C13H16N2O3S. The van der Waals surface area contributed by atoms with E-state index in [2.05, 4.69) is 15.5 Å². The van der Waals surface area contributed by atoms with Crippen molar-refractivity contribution in [1.82, 2.24) is 10.1 Å². The predicted octanol–water partition coefficient (Wildman–Crippen LogP) is 2.76. The lowest BCUT2D eigenvalue weighted by molar-refractivity contribution is -0.101. The Hall–Kier alpha value is -1.24. The van der Waals surface area contributed by atoms with Crippen LogP contribution in [0.1, 0.15) is 24.2 Å². The van der Waals surface area contributed by atoms with E-state index in [9.17, 15) is 0 Å². The fourth-order valence-electron chi connectivity index (χ4n) is 2.32. The molecule has 0 atom stereocenters. The van der Waals surface area contributed by atoms with Crippen LogP contribution in [-0.2, 0) is 15.1 Å². The standard InChI is InChI=1S/C13H16N2O3S/c1-9-7-19-8-10(9)11-14-12(15-18-11)13(16-2)3-5-17-6-4-13/h7-8H,3-6H2,1-2H3. The van der Waals surface area contributed by atoms with Gasteiger partial charge in [-0.15, -0.1) is 0 Å². The van der Waals surface area contributed by atoms with Gasteiger partial charge in [0.1, 0.15) is 5.60 Å². The Kier molecular flexibility index (Phi) is 3.38. The van der Waals surface area contributed by atoms with Gasteiger partial charge in [-0.3, -0.25) is 0 Å². The SMILES string of the molecule is COC1(c2noc(-c3cscc3C)n2)CCOCC1. The minimum absolute atomic E-state index is 0.468. The molecule has 3 rings (SSSR count). The Morgan fingerprint density at radius 2 is 2.11 bits per heavy atom. The first-order chi connectivity index (χ1) is 9.25. The quantitative estimate of drug-likeness (QED) is 0.865. The fraction of sp³-hybridized carbons (Fsp3) is 0.538. The predicted molar refractivity (Wildman–Crippen MR) is 71.1 cm³/mol. The van der Waals surface area contributed by atoms with Gasteiger partial charge >= 0.3 is 0 Å². The third-order valence-electron chi connectivity index (χ3n) is 3.61. The summed E-state index contributed by atoms with van der Waals surface area (Å²) in [4.78, 5) is 4.53. The van der Waals surface area contributed by atoms with Crippen molar-refractivity contribution in [3.63, 3.8) is 0 Å². The van der Waals surface area contributed by atoms with Gasteiger partial charge in [0.05, 0.1) is 5.56 Å². The van der Waals surface area contributed by atoms with Crippen LogP contribution in [0.3, 0.4) is 0 Å². The first-order valence-electron chi connectivity index (χ1n) is 6.25. The number of thiophene rings is 1. The molecule has 5 nitrogen and oxygen atoms in total. The van der Waals surface area contributed by atoms with Crippen LogP contribution in [0.25, 0.3) is 11.5 Å². The molecule has 3 heterocycles. The van der Waals surface area contributed by atoms with Gasteiger partial charge in [-0.25, -0.2) is 0 Å². The molecule has 1 fully saturated rings. The van der Waals surface area contributed by atoms with Crippen LogP contribution in [0.2, 0.25) is 0 Å². The van der Waals surface area contributed by atoms with Crippen LogP contribution in [0, 0.1) is 6.92 Å². The lowest BCUT2D eigenvalue weighted by Gasteiger charge is -2.32. The number of aromatic nitrogens is 2. The van der Waals surface area contributed by atoms with Crippen molar-refractivity contribution < 1.29 is 14.0 Å². The molecule has 6 heteroatoms. The molecule has 0 spiro atoms. The number of hydrogen-bond donors (Lipinski definition) is 0. The van der Waals surface area contributed by atoms with Crippen LogP contribution in [0.5, 0.6) is 0 Å². The molecule has 2 aromatic heterocycles. The van der Waals surface area contributed by atoms with Gasteiger partial charge in [0, 0.05) is 38.5 Å². The zero-order valence-corrected chi connectivity index (χ0v) is 11.8. The molecule has 0 amide bonds. The zero-order valence-electron chi connectivity index (χ0n) is 11.0. The second kappa shape index (κ2) is 5.03. The highest BCUT2D eigenvalue weighted by molar-refractivity contribution is 7.08. The highest BCUT2D eigenvalue weighted by atomic mass is 32.1.